The van der Waals surface area contributed by atoms with Crippen LogP contribution in [0.1, 0.15) is 25.0 Å². The Labute approximate surface area is 118 Å². The highest BCUT2D eigenvalue weighted by atomic mass is 16.6. The summed E-state index contributed by atoms with van der Waals surface area (Å²) < 4.78 is 5.24. The van der Waals surface area contributed by atoms with Crippen LogP contribution in [0.2, 0.25) is 0 Å². The molecule has 3 nitrogen and oxygen atoms in total. The molecule has 0 aliphatic rings. The molecule has 1 N–H and O–H groups in total. The molecule has 0 fully saturated rings. The minimum absolute atomic E-state index is 0.290. The third kappa shape index (κ3) is 2.73. The van der Waals surface area contributed by atoms with Gasteiger partial charge in [-0.25, -0.2) is 4.79 Å². The summed E-state index contributed by atoms with van der Waals surface area (Å²) in [5.74, 6) is -0.662. The maximum absolute atomic E-state index is 12.4. The number of hydrogen-bond acceptors (Lipinski definition) is 3. The van der Waals surface area contributed by atoms with Crippen LogP contribution in [0.15, 0.2) is 60.7 Å². The van der Waals surface area contributed by atoms with Gasteiger partial charge < -0.3 is 9.84 Å². The number of rotatable bonds is 4. The molecule has 0 radical (unpaired) electrons. The lowest BCUT2D eigenvalue weighted by molar-refractivity contribution is -0.166. The van der Waals surface area contributed by atoms with Crippen LogP contribution in [0.5, 0.6) is 0 Å². The Morgan fingerprint density at radius 3 is 1.70 bits per heavy atom. The van der Waals surface area contributed by atoms with Crippen molar-refractivity contribution >= 4 is 5.97 Å². The van der Waals surface area contributed by atoms with E-state index in [9.17, 15) is 9.90 Å². The molecule has 104 valence electrons. The number of ether oxygens (including phenoxy) is 1. The summed E-state index contributed by atoms with van der Waals surface area (Å²) in [6.07, 6.45) is -0.290. The average Bonchev–Trinajstić information content (AvgIpc) is 2.47. The van der Waals surface area contributed by atoms with Gasteiger partial charge in [0.05, 0.1) is 6.10 Å². The average molecular weight is 270 g/mol. The van der Waals surface area contributed by atoms with Gasteiger partial charge in [0.1, 0.15) is 0 Å². The molecule has 3 heteroatoms. The fourth-order valence-corrected chi connectivity index (χ4v) is 2.06. The Morgan fingerprint density at radius 2 is 1.35 bits per heavy atom. The number of carbonyl (C=O) groups is 1. The number of esters is 1. The van der Waals surface area contributed by atoms with E-state index in [2.05, 4.69) is 0 Å². The van der Waals surface area contributed by atoms with E-state index < -0.39 is 11.6 Å². The molecule has 0 aliphatic heterocycles. The van der Waals surface area contributed by atoms with Crippen molar-refractivity contribution in [3.8, 4) is 0 Å². The molecule has 0 spiro atoms. The molecule has 2 rings (SSSR count). The van der Waals surface area contributed by atoms with Crippen molar-refractivity contribution in [1.29, 1.82) is 0 Å². The summed E-state index contributed by atoms with van der Waals surface area (Å²) in [6, 6.07) is 17.7. The number of aliphatic hydroxyl groups is 1. The fourth-order valence-electron chi connectivity index (χ4n) is 2.06. The fraction of sp³-hybridized carbons (Fsp3) is 0.235. The molecule has 0 amide bonds. The predicted octanol–water partition coefficient (Wildman–Crippen LogP) is 2.87. The Balaban J connectivity index is 2.52. The second-order valence-corrected chi connectivity index (χ2v) is 4.90. The normalized spacial score (nSPS) is 11.4. The summed E-state index contributed by atoms with van der Waals surface area (Å²) in [6.45, 7) is 3.52. The first kappa shape index (κ1) is 14.3. The first-order valence-corrected chi connectivity index (χ1v) is 6.59. The summed E-state index contributed by atoms with van der Waals surface area (Å²) in [7, 11) is 0. The lowest BCUT2D eigenvalue weighted by Gasteiger charge is -2.28. The van der Waals surface area contributed by atoms with Gasteiger partial charge in [0.2, 0.25) is 5.60 Å². The van der Waals surface area contributed by atoms with Gasteiger partial charge in [0.25, 0.3) is 0 Å². The van der Waals surface area contributed by atoms with Gasteiger partial charge in [-0.1, -0.05) is 60.7 Å². The zero-order chi connectivity index (χ0) is 14.6. The van der Waals surface area contributed by atoms with Crippen LogP contribution >= 0.6 is 0 Å². The molecule has 0 atom stereocenters. The molecule has 0 aliphatic carbocycles. The SMILES string of the molecule is CC(C)OC(=O)C(O)(c1ccccc1)c1ccccc1. The van der Waals surface area contributed by atoms with E-state index in [1.165, 1.54) is 0 Å². The van der Waals surface area contributed by atoms with Crippen LogP contribution < -0.4 is 0 Å². The topological polar surface area (TPSA) is 46.5 Å². The van der Waals surface area contributed by atoms with Gasteiger partial charge >= 0.3 is 5.97 Å². The van der Waals surface area contributed by atoms with Crippen LogP contribution in [-0.4, -0.2) is 17.2 Å². The third-order valence-electron chi connectivity index (χ3n) is 3.02. The second-order valence-electron chi connectivity index (χ2n) is 4.90. The summed E-state index contributed by atoms with van der Waals surface area (Å²) in [4.78, 5) is 12.4. The van der Waals surface area contributed by atoms with Crippen molar-refractivity contribution < 1.29 is 14.6 Å². The highest BCUT2D eigenvalue weighted by Crippen LogP contribution is 2.31. The molecule has 0 saturated heterocycles. The van der Waals surface area contributed by atoms with Crippen molar-refractivity contribution in [3.05, 3.63) is 71.8 Å². The second kappa shape index (κ2) is 5.88. The number of benzene rings is 2. The van der Waals surface area contributed by atoms with Crippen LogP contribution in [0.4, 0.5) is 0 Å². The molecule has 0 saturated carbocycles. The lowest BCUT2D eigenvalue weighted by atomic mass is 9.86. The van der Waals surface area contributed by atoms with Crippen molar-refractivity contribution in [1.82, 2.24) is 0 Å². The van der Waals surface area contributed by atoms with E-state index in [-0.39, 0.29) is 6.10 Å². The molecule has 2 aromatic carbocycles. The minimum atomic E-state index is -1.78. The summed E-state index contributed by atoms with van der Waals surface area (Å²) in [5, 5.41) is 11.0. The van der Waals surface area contributed by atoms with E-state index >= 15 is 0 Å². The lowest BCUT2D eigenvalue weighted by Crippen LogP contribution is -2.39. The Bertz CT molecular complexity index is 522. The molecule has 0 bridgehead atoms. The summed E-state index contributed by atoms with van der Waals surface area (Å²) >= 11 is 0. The van der Waals surface area contributed by atoms with Crippen molar-refractivity contribution in [2.75, 3.05) is 0 Å². The number of carbonyl (C=O) groups excluding carboxylic acids is 1. The molecule has 0 unspecified atom stereocenters. The maximum Gasteiger partial charge on any atom is 0.347 e. The van der Waals surface area contributed by atoms with Gasteiger partial charge in [-0.2, -0.15) is 0 Å². The van der Waals surface area contributed by atoms with Gasteiger partial charge in [-0.15, -0.1) is 0 Å². The zero-order valence-electron chi connectivity index (χ0n) is 11.6. The van der Waals surface area contributed by atoms with Gasteiger partial charge in [-0.3, -0.25) is 0 Å². The van der Waals surface area contributed by atoms with Crippen LogP contribution in [0.25, 0.3) is 0 Å². The van der Waals surface area contributed by atoms with E-state index in [0.717, 1.165) is 0 Å². The largest absolute Gasteiger partial charge is 0.460 e. The molecule has 20 heavy (non-hydrogen) atoms. The van der Waals surface area contributed by atoms with E-state index in [0.29, 0.717) is 11.1 Å². The van der Waals surface area contributed by atoms with Crippen molar-refractivity contribution in [2.24, 2.45) is 0 Å². The number of hydrogen-bond donors (Lipinski definition) is 1. The summed E-state index contributed by atoms with van der Waals surface area (Å²) in [5.41, 5.74) is -0.791. The Hall–Kier alpha value is -2.13. The van der Waals surface area contributed by atoms with Gasteiger partial charge in [0.15, 0.2) is 0 Å². The minimum Gasteiger partial charge on any atom is -0.460 e. The van der Waals surface area contributed by atoms with Gasteiger partial charge in [0, 0.05) is 0 Å². The zero-order valence-corrected chi connectivity index (χ0v) is 11.6. The standard InChI is InChI=1S/C17H18O3/c1-13(2)20-16(18)17(19,14-9-5-3-6-10-14)15-11-7-4-8-12-15/h3-13,19H,1-2H3. The van der Waals surface area contributed by atoms with Gasteiger partial charge in [-0.05, 0) is 25.0 Å². The Morgan fingerprint density at radius 1 is 0.950 bits per heavy atom. The highest BCUT2D eigenvalue weighted by Gasteiger charge is 2.41. The molecule has 0 heterocycles. The molecule has 0 aromatic heterocycles. The molecule has 2 aromatic rings. The monoisotopic (exact) mass is 270 g/mol. The van der Waals surface area contributed by atoms with Crippen LogP contribution in [-0.2, 0) is 15.1 Å². The predicted molar refractivity (Wildman–Crippen MR) is 77.1 cm³/mol. The quantitative estimate of drug-likeness (QED) is 0.869. The van der Waals surface area contributed by atoms with Crippen molar-refractivity contribution in [2.45, 2.75) is 25.6 Å². The maximum atomic E-state index is 12.4. The Kier molecular flexibility index (Phi) is 4.20. The third-order valence-corrected chi connectivity index (χ3v) is 3.02. The smallest absolute Gasteiger partial charge is 0.347 e. The molecular formula is C17H18O3. The first-order chi connectivity index (χ1) is 9.55. The van der Waals surface area contributed by atoms with Crippen LogP contribution in [0.3, 0.4) is 0 Å². The van der Waals surface area contributed by atoms with E-state index in [1.807, 2.05) is 12.1 Å². The van der Waals surface area contributed by atoms with Crippen molar-refractivity contribution in [3.63, 3.8) is 0 Å². The van der Waals surface area contributed by atoms with Crippen LogP contribution in [0, 0.1) is 0 Å². The highest BCUT2D eigenvalue weighted by molar-refractivity contribution is 5.85. The molecular weight excluding hydrogens is 252 g/mol. The van der Waals surface area contributed by atoms with E-state index in [4.69, 9.17) is 4.74 Å². The first-order valence-electron chi connectivity index (χ1n) is 6.59. The van der Waals surface area contributed by atoms with E-state index in [1.54, 1.807) is 62.4 Å².